The van der Waals surface area contributed by atoms with E-state index in [1.807, 2.05) is 24.3 Å². The predicted octanol–water partition coefficient (Wildman–Crippen LogP) is 4.13. The van der Waals surface area contributed by atoms with Gasteiger partial charge in [0.15, 0.2) is 11.0 Å². The number of anilines is 1. The summed E-state index contributed by atoms with van der Waals surface area (Å²) in [7, 11) is 1.60. The van der Waals surface area contributed by atoms with Crippen molar-refractivity contribution in [2.75, 3.05) is 18.2 Å². The van der Waals surface area contributed by atoms with Crippen LogP contribution in [0, 0.1) is 5.82 Å². The number of halogens is 1. The number of hydrogen-bond donors (Lipinski definition) is 1. The molecule has 0 fully saturated rings. The number of benzene rings is 2. The molecule has 0 unspecified atom stereocenters. The number of rotatable bonds is 7. The summed E-state index contributed by atoms with van der Waals surface area (Å²) in [6, 6.07) is 12.0. The topological polar surface area (TPSA) is 99.8 Å². The summed E-state index contributed by atoms with van der Waals surface area (Å²) in [5.41, 5.74) is 1.66. The number of aryl methyl sites for hydroxylation is 1. The monoisotopic (exact) mass is 493 g/mol. The number of aromatic nitrogens is 6. The van der Waals surface area contributed by atoms with E-state index in [-0.39, 0.29) is 17.3 Å². The van der Waals surface area contributed by atoms with Crippen LogP contribution >= 0.6 is 11.8 Å². The molecule has 5 rings (SSSR count). The van der Waals surface area contributed by atoms with Crippen LogP contribution in [-0.4, -0.2) is 48.3 Å². The van der Waals surface area contributed by atoms with Gasteiger partial charge >= 0.3 is 0 Å². The van der Waals surface area contributed by atoms with E-state index in [9.17, 15) is 9.18 Å². The average Bonchev–Trinajstić information content (AvgIpc) is 3.45. The van der Waals surface area contributed by atoms with E-state index in [0.717, 1.165) is 49.5 Å². The molecule has 2 aromatic heterocycles. The first-order valence-corrected chi connectivity index (χ1v) is 12.3. The van der Waals surface area contributed by atoms with Gasteiger partial charge in [0.25, 0.3) is 0 Å². The van der Waals surface area contributed by atoms with Crippen LogP contribution in [0.25, 0.3) is 17.1 Å². The van der Waals surface area contributed by atoms with E-state index in [2.05, 4.69) is 30.3 Å². The lowest BCUT2D eigenvalue weighted by Gasteiger charge is -2.11. The number of thioether (sulfide) groups is 1. The molecular formula is C24H24FN7O2S. The van der Waals surface area contributed by atoms with Crippen LogP contribution in [-0.2, 0) is 17.8 Å². The molecule has 9 nitrogen and oxygen atoms in total. The van der Waals surface area contributed by atoms with Crippen molar-refractivity contribution < 1.29 is 13.9 Å². The first kappa shape index (κ1) is 23.0. The Morgan fingerprint density at radius 1 is 1.11 bits per heavy atom. The zero-order valence-electron chi connectivity index (χ0n) is 19.1. The van der Waals surface area contributed by atoms with Gasteiger partial charge in [-0.25, -0.2) is 4.39 Å². The van der Waals surface area contributed by atoms with Gasteiger partial charge in [-0.1, -0.05) is 18.2 Å². The minimum atomic E-state index is -0.510. The van der Waals surface area contributed by atoms with Gasteiger partial charge in [-0.3, -0.25) is 9.36 Å². The minimum absolute atomic E-state index is 0.0405. The third-order valence-electron chi connectivity index (χ3n) is 5.81. The molecule has 11 heteroatoms. The molecule has 3 heterocycles. The fraction of sp³-hybridized carbons (Fsp3) is 0.292. The van der Waals surface area contributed by atoms with Gasteiger partial charge in [0.05, 0.1) is 18.6 Å². The maximum Gasteiger partial charge on any atom is 0.234 e. The second-order valence-electron chi connectivity index (χ2n) is 8.12. The predicted molar refractivity (Wildman–Crippen MR) is 130 cm³/mol. The Morgan fingerprint density at radius 2 is 1.97 bits per heavy atom. The van der Waals surface area contributed by atoms with Gasteiger partial charge in [0.1, 0.15) is 23.7 Å². The third-order valence-corrected chi connectivity index (χ3v) is 6.75. The zero-order valence-corrected chi connectivity index (χ0v) is 20.0. The summed E-state index contributed by atoms with van der Waals surface area (Å²) in [6.45, 7) is 0.836. The first-order chi connectivity index (χ1) is 17.1. The summed E-state index contributed by atoms with van der Waals surface area (Å²) < 4.78 is 23.6. The molecule has 0 atom stereocenters. The Labute approximate surface area is 205 Å². The first-order valence-electron chi connectivity index (χ1n) is 11.3. The fourth-order valence-electron chi connectivity index (χ4n) is 4.02. The van der Waals surface area contributed by atoms with Crippen molar-refractivity contribution in [2.45, 2.75) is 37.4 Å². The van der Waals surface area contributed by atoms with Gasteiger partial charge in [-0.15, -0.1) is 20.4 Å². The molecule has 1 aliphatic rings. The number of carbonyl (C=O) groups excluding carboxylic acids is 1. The average molecular weight is 494 g/mol. The van der Waals surface area contributed by atoms with Crippen molar-refractivity contribution >= 4 is 23.4 Å². The van der Waals surface area contributed by atoms with Crippen molar-refractivity contribution in [2.24, 2.45) is 0 Å². The Morgan fingerprint density at radius 3 is 2.80 bits per heavy atom. The molecule has 0 bridgehead atoms. The van der Waals surface area contributed by atoms with Crippen LogP contribution in [0.1, 0.15) is 25.1 Å². The van der Waals surface area contributed by atoms with Crippen molar-refractivity contribution in [1.29, 1.82) is 0 Å². The minimum Gasteiger partial charge on any atom is -0.497 e. The summed E-state index contributed by atoms with van der Waals surface area (Å²) in [5.74, 6) is 1.56. The van der Waals surface area contributed by atoms with Gasteiger partial charge < -0.3 is 14.6 Å². The molecule has 0 aliphatic carbocycles. The van der Waals surface area contributed by atoms with E-state index < -0.39 is 5.82 Å². The molecule has 180 valence electrons. The van der Waals surface area contributed by atoms with E-state index in [1.165, 1.54) is 17.8 Å². The quantitative estimate of drug-likeness (QED) is 0.387. The Hall–Kier alpha value is -3.73. The van der Waals surface area contributed by atoms with E-state index in [0.29, 0.717) is 16.5 Å². The Balaban J connectivity index is 1.28. The van der Waals surface area contributed by atoms with Crippen molar-refractivity contribution in [3.8, 4) is 22.8 Å². The number of fused-ring (bicyclic) bond motifs is 1. The van der Waals surface area contributed by atoms with Crippen LogP contribution in [0.4, 0.5) is 10.1 Å². The standard InChI is InChI=1S/C24H24FN7O2S/c1-34-18-9-7-17(8-10-18)32-15-26-30-24(32)35-14-22(33)27-20-13-16(6-11-19(20)25)23-29-28-21-5-3-2-4-12-31(21)23/h6-11,13,15H,2-5,12,14H2,1H3,(H,27,33). The van der Waals surface area contributed by atoms with Crippen LogP contribution in [0.15, 0.2) is 53.9 Å². The number of methoxy groups -OCH3 is 1. The number of nitrogens with one attached hydrogen (secondary N) is 1. The summed E-state index contributed by atoms with van der Waals surface area (Å²) in [4.78, 5) is 12.7. The second kappa shape index (κ2) is 10.3. The van der Waals surface area contributed by atoms with Crippen molar-refractivity contribution in [3.63, 3.8) is 0 Å². The van der Waals surface area contributed by atoms with Gasteiger partial charge in [-0.05, 0) is 55.3 Å². The lowest BCUT2D eigenvalue weighted by Crippen LogP contribution is -2.15. The van der Waals surface area contributed by atoms with Gasteiger partial charge in [-0.2, -0.15) is 0 Å². The lowest BCUT2D eigenvalue weighted by atomic mass is 10.1. The summed E-state index contributed by atoms with van der Waals surface area (Å²) in [5, 5.41) is 19.9. The lowest BCUT2D eigenvalue weighted by molar-refractivity contribution is -0.113. The van der Waals surface area contributed by atoms with Crippen LogP contribution in [0.5, 0.6) is 5.75 Å². The number of nitrogens with zero attached hydrogens (tertiary/aromatic N) is 6. The number of hydrogen-bond acceptors (Lipinski definition) is 7. The molecule has 0 saturated carbocycles. The fourth-order valence-corrected chi connectivity index (χ4v) is 4.75. The maximum absolute atomic E-state index is 14.5. The largest absolute Gasteiger partial charge is 0.497 e. The van der Waals surface area contributed by atoms with Crippen LogP contribution in [0.3, 0.4) is 0 Å². The molecule has 4 aromatic rings. The molecular weight excluding hydrogens is 469 g/mol. The Kier molecular flexibility index (Phi) is 6.75. The smallest absolute Gasteiger partial charge is 0.234 e. The number of carbonyl (C=O) groups is 1. The highest BCUT2D eigenvalue weighted by Crippen LogP contribution is 2.27. The molecule has 2 aromatic carbocycles. The highest BCUT2D eigenvalue weighted by atomic mass is 32.2. The Bertz CT molecular complexity index is 1340. The molecule has 0 radical (unpaired) electrons. The molecule has 1 amide bonds. The molecule has 0 spiro atoms. The van der Waals surface area contributed by atoms with E-state index in [4.69, 9.17) is 4.74 Å². The van der Waals surface area contributed by atoms with Crippen molar-refractivity contribution in [3.05, 3.63) is 60.4 Å². The summed E-state index contributed by atoms with van der Waals surface area (Å²) >= 11 is 1.21. The number of ether oxygens (including phenoxy) is 1. The van der Waals surface area contributed by atoms with E-state index >= 15 is 0 Å². The highest BCUT2D eigenvalue weighted by Gasteiger charge is 2.18. The molecule has 0 saturated heterocycles. The molecule has 1 aliphatic heterocycles. The molecule has 35 heavy (non-hydrogen) atoms. The van der Waals surface area contributed by atoms with Crippen LogP contribution in [0.2, 0.25) is 0 Å². The second-order valence-corrected chi connectivity index (χ2v) is 9.06. The zero-order chi connectivity index (χ0) is 24.2. The van der Waals surface area contributed by atoms with Gasteiger partial charge in [0.2, 0.25) is 5.91 Å². The van der Waals surface area contributed by atoms with E-state index in [1.54, 1.807) is 30.1 Å². The molecule has 1 N–H and O–H groups in total. The van der Waals surface area contributed by atoms with Gasteiger partial charge in [0, 0.05) is 24.2 Å². The van der Waals surface area contributed by atoms with Crippen molar-refractivity contribution in [1.82, 2.24) is 29.5 Å². The maximum atomic E-state index is 14.5. The van der Waals surface area contributed by atoms with Crippen LogP contribution < -0.4 is 10.1 Å². The summed E-state index contributed by atoms with van der Waals surface area (Å²) in [6.07, 6.45) is 5.76. The normalized spacial score (nSPS) is 13.2. The third kappa shape index (κ3) is 5.04. The highest BCUT2D eigenvalue weighted by molar-refractivity contribution is 7.99. The number of amides is 1. The SMILES string of the molecule is COc1ccc(-n2cnnc2SCC(=O)Nc2cc(-c3nnc4n3CCCCC4)ccc2F)cc1.